The third-order valence-electron chi connectivity index (χ3n) is 6.26. The van der Waals surface area contributed by atoms with Crippen LogP contribution in [0.5, 0.6) is 0 Å². The molecule has 1 aromatic rings. The predicted octanol–water partition coefficient (Wildman–Crippen LogP) is 2.25. The van der Waals surface area contributed by atoms with E-state index in [0.717, 1.165) is 51.9 Å². The van der Waals surface area contributed by atoms with Gasteiger partial charge in [0.15, 0.2) is 0 Å². The summed E-state index contributed by atoms with van der Waals surface area (Å²) in [7, 11) is 0. The summed E-state index contributed by atoms with van der Waals surface area (Å²) in [6.45, 7) is 4.09. The largest absolute Gasteiger partial charge is 0.342 e. The van der Waals surface area contributed by atoms with Crippen molar-refractivity contribution in [3.63, 3.8) is 0 Å². The van der Waals surface area contributed by atoms with Crippen LogP contribution in [0.1, 0.15) is 37.7 Å². The number of likely N-dealkylation sites (tertiary alicyclic amines) is 1. The molecule has 0 aromatic carbocycles. The van der Waals surface area contributed by atoms with Crippen molar-refractivity contribution < 1.29 is 4.79 Å². The molecule has 4 heteroatoms. The van der Waals surface area contributed by atoms with Gasteiger partial charge in [-0.1, -0.05) is 6.07 Å². The Morgan fingerprint density at radius 2 is 2.09 bits per heavy atom. The number of pyridine rings is 1. The first-order valence-electron chi connectivity index (χ1n) is 9.15. The van der Waals surface area contributed by atoms with Gasteiger partial charge in [0, 0.05) is 31.4 Å². The molecule has 23 heavy (non-hydrogen) atoms. The molecule has 3 heterocycles. The highest BCUT2D eigenvalue weighted by Gasteiger charge is 2.58. The van der Waals surface area contributed by atoms with Crippen molar-refractivity contribution in [1.29, 1.82) is 0 Å². The second-order valence-corrected chi connectivity index (χ2v) is 7.70. The molecular weight excluding hydrogens is 286 g/mol. The maximum Gasteiger partial charge on any atom is 0.226 e. The fourth-order valence-corrected chi connectivity index (χ4v) is 4.60. The molecular formula is C19H27N3O. The summed E-state index contributed by atoms with van der Waals surface area (Å²) >= 11 is 0. The molecule has 3 aliphatic rings. The van der Waals surface area contributed by atoms with Crippen LogP contribution in [0.3, 0.4) is 0 Å². The monoisotopic (exact) mass is 313 g/mol. The summed E-state index contributed by atoms with van der Waals surface area (Å²) in [5.74, 6) is 1.49. The molecule has 1 aliphatic carbocycles. The highest BCUT2D eigenvalue weighted by atomic mass is 16.2. The van der Waals surface area contributed by atoms with Crippen LogP contribution >= 0.6 is 0 Å². The van der Waals surface area contributed by atoms with Gasteiger partial charge in [-0.25, -0.2) is 0 Å². The number of carbonyl (C=O) groups excluding carboxylic acids is 1. The van der Waals surface area contributed by atoms with E-state index in [9.17, 15) is 4.79 Å². The zero-order chi connectivity index (χ0) is 15.7. The summed E-state index contributed by atoms with van der Waals surface area (Å²) in [5, 5.41) is 3.42. The summed E-state index contributed by atoms with van der Waals surface area (Å²) in [6, 6.07) is 4.18. The number of piperidine rings is 2. The average molecular weight is 313 g/mol. The topological polar surface area (TPSA) is 45.2 Å². The Hall–Kier alpha value is -1.42. The lowest BCUT2D eigenvalue weighted by Gasteiger charge is -2.33. The highest BCUT2D eigenvalue weighted by molar-refractivity contribution is 5.82. The van der Waals surface area contributed by atoms with Gasteiger partial charge in [0.2, 0.25) is 5.91 Å². The van der Waals surface area contributed by atoms with Crippen molar-refractivity contribution in [2.75, 3.05) is 26.2 Å². The third-order valence-corrected chi connectivity index (χ3v) is 6.26. The van der Waals surface area contributed by atoms with Gasteiger partial charge in [-0.3, -0.25) is 9.78 Å². The van der Waals surface area contributed by atoms with E-state index >= 15 is 0 Å². The van der Waals surface area contributed by atoms with Crippen molar-refractivity contribution >= 4 is 5.91 Å². The fourth-order valence-electron chi connectivity index (χ4n) is 4.60. The lowest BCUT2D eigenvalue weighted by atomic mass is 9.89. The van der Waals surface area contributed by atoms with Crippen LogP contribution in [0, 0.1) is 17.3 Å². The second-order valence-electron chi connectivity index (χ2n) is 7.70. The van der Waals surface area contributed by atoms with Gasteiger partial charge in [0.25, 0.3) is 0 Å². The van der Waals surface area contributed by atoms with Crippen LogP contribution < -0.4 is 5.32 Å². The van der Waals surface area contributed by atoms with Gasteiger partial charge < -0.3 is 10.2 Å². The zero-order valence-electron chi connectivity index (χ0n) is 13.8. The first kappa shape index (κ1) is 15.1. The Morgan fingerprint density at radius 1 is 1.30 bits per heavy atom. The molecule has 124 valence electrons. The lowest BCUT2D eigenvalue weighted by Crippen LogP contribution is -2.41. The highest BCUT2D eigenvalue weighted by Crippen LogP contribution is 2.59. The number of nitrogens with one attached hydrogen (secondary N) is 1. The molecule has 0 radical (unpaired) electrons. The first-order chi connectivity index (χ1) is 11.3. The van der Waals surface area contributed by atoms with Gasteiger partial charge in [-0.2, -0.15) is 0 Å². The first-order valence-corrected chi connectivity index (χ1v) is 9.15. The van der Waals surface area contributed by atoms with Crippen molar-refractivity contribution in [2.45, 2.75) is 38.5 Å². The summed E-state index contributed by atoms with van der Waals surface area (Å²) in [6.07, 6.45) is 10.7. The van der Waals surface area contributed by atoms with Crippen LogP contribution in [-0.4, -0.2) is 42.0 Å². The molecule has 1 amide bonds. The van der Waals surface area contributed by atoms with E-state index in [1.54, 1.807) is 0 Å². The molecule has 1 aromatic heterocycles. The summed E-state index contributed by atoms with van der Waals surface area (Å²) < 4.78 is 0. The van der Waals surface area contributed by atoms with Crippen LogP contribution in [0.25, 0.3) is 0 Å². The van der Waals surface area contributed by atoms with Crippen LogP contribution in [0.4, 0.5) is 0 Å². The Morgan fingerprint density at radius 3 is 2.78 bits per heavy atom. The lowest BCUT2D eigenvalue weighted by molar-refractivity contribution is -0.135. The molecule has 1 atom stereocenters. The normalized spacial score (nSPS) is 27.1. The van der Waals surface area contributed by atoms with Crippen molar-refractivity contribution in [2.24, 2.45) is 17.3 Å². The quantitative estimate of drug-likeness (QED) is 0.931. The smallest absolute Gasteiger partial charge is 0.226 e. The van der Waals surface area contributed by atoms with Crippen LogP contribution in [0.2, 0.25) is 0 Å². The number of rotatable bonds is 3. The maximum absolute atomic E-state index is 12.8. The number of carbonyl (C=O) groups is 1. The molecule has 1 unspecified atom stereocenters. The minimum atomic E-state index is 0.333. The van der Waals surface area contributed by atoms with Crippen molar-refractivity contribution in [3.05, 3.63) is 30.1 Å². The standard InChI is InChI=1S/C19H27N3O/c23-18(17-13-19(17)5-8-20-9-6-19)22-10-3-15(4-11-22)12-16-2-1-7-21-14-16/h1-2,7,14-15,17,20H,3-6,8-13H2. The molecule has 1 N–H and O–H groups in total. The molecule has 0 bridgehead atoms. The SMILES string of the molecule is O=C(C1CC12CCNCC2)N1CCC(Cc2cccnc2)CC1. The predicted molar refractivity (Wildman–Crippen MR) is 89.9 cm³/mol. The fraction of sp³-hybridized carbons (Fsp3) is 0.684. The summed E-state index contributed by atoms with van der Waals surface area (Å²) in [4.78, 5) is 19.2. The van der Waals surface area contributed by atoms with E-state index in [4.69, 9.17) is 0 Å². The van der Waals surface area contributed by atoms with Crippen molar-refractivity contribution in [1.82, 2.24) is 15.2 Å². The minimum absolute atomic E-state index is 0.333. The number of hydrogen-bond donors (Lipinski definition) is 1. The van der Waals surface area contributed by atoms with Crippen molar-refractivity contribution in [3.8, 4) is 0 Å². The zero-order valence-corrected chi connectivity index (χ0v) is 13.8. The van der Waals surface area contributed by atoms with Gasteiger partial charge in [-0.15, -0.1) is 0 Å². The molecule has 2 saturated heterocycles. The Labute approximate surface area is 138 Å². The van der Waals surface area contributed by atoms with Gasteiger partial charge in [0.05, 0.1) is 0 Å². The number of aromatic nitrogens is 1. The van der Waals surface area contributed by atoms with Gasteiger partial charge >= 0.3 is 0 Å². The molecule has 4 nitrogen and oxygen atoms in total. The van der Waals surface area contributed by atoms with Crippen LogP contribution in [-0.2, 0) is 11.2 Å². The van der Waals surface area contributed by atoms with Crippen LogP contribution in [0.15, 0.2) is 24.5 Å². The molecule has 1 spiro atoms. The average Bonchev–Trinajstić information content (AvgIpc) is 3.29. The third kappa shape index (κ3) is 3.14. The van der Waals surface area contributed by atoms with E-state index < -0.39 is 0 Å². The molecule has 3 fully saturated rings. The van der Waals surface area contributed by atoms with Gasteiger partial charge in [0.1, 0.15) is 0 Å². The van der Waals surface area contributed by atoms with Gasteiger partial charge in [-0.05, 0) is 74.6 Å². The van der Waals surface area contributed by atoms with E-state index in [1.807, 2.05) is 18.5 Å². The Balaban J connectivity index is 1.27. The van der Waals surface area contributed by atoms with E-state index in [-0.39, 0.29) is 0 Å². The maximum atomic E-state index is 12.8. The second kappa shape index (κ2) is 6.23. The molecule has 1 saturated carbocycles. The minimum Gasteiger partial charge on any atom is -0.342 e. The number of nitrogens with zero attached hydrogens (tertiary/aromatic N) is 2. The molecule has 2 aliphatic heterocycles. The summed E-state index contributed by atoms with van der Waals surface area (Å²) in [5.41, 5.74) is 1.70. The Bertz CT molecular complexity index is 545. The number of hydrogen-bond acceptors (Lipinski definition) is 3. The van der Waals surface area contributed by atoms with E-state index in [0.29, 0.717) is 23.2 Å². The Kier molecular flexibility index (Phi) is 4.10. The number of amides is 1. The van der Waals surface area contributed by atoms with E-state index in [2.05, 4.69) is 21.3 Å². The molecule has 4 rings (SSSR count). The van der Waals surface area contributed by atoms with E-state index in [1.165, 1.54) is 18.4 Å².